The highest BCUT2D eigenvalue weighted by atomic mass is 16.5. The molecule has 3 aromatic rings. The van der Waals surface area contributed by atoms with Gasteiger partial charge in [0.2, 0.25) is 5.91 Å². The Bertz CT molecular complexity index is 1320. The van der Waals surface area contributed by atoms with Gasteiger partial charge in [-0.15, -0.1) is 0 Å². The number of fused-ring (bicyclic) bond motifs is 1. The molecule has 0 fully saturated rings. The second kappa shape index (κ2) is 9.64. The van der Waals surface area contributed by atoms with E-state index in [-0.39, 0.29) is 29.9 Å². The van der Waals surface area contributed by atoms with Crippen molar-refractivity contribution >= 4 is 35.3 Å². The molecule has 1 aromatic heterocycles. The molecular weight excluding hydrogens is 448 g/mol. The monoisotopic (exact) mass is 472 g/mol. The number of rotatable bonds is 7. The van der Waals surface area contributed by atoms with E-state index in [0.717, 1.165) is 11.1 Å². The van der Waals surface area contributed by atoms with E-state index in [0.29, 0.717) is 23.5 Å². The molecule has 178 valence electrons. The molecule has 0 spiro atoms. The first kappa shape index (κ1) is 23.4. The number of primary amides is 2. The van der Waals surface area contributed by atoms with Crippen molar-refractivity contribution in [3.8, 4) is 17.1 Å². The van der Waals surface area contributed by atoms with Crippen molar-refractivity contribution in [2.24, 2.45) is 11.5 Å². The summed E-state index contributed by atoms with van der Waals surface area (Å²) in [6.07, 6.45) is 1.74. The third kappa shape index (κ3) is 5.11. The molecule has 1 aliphatic rings. The van der Waals surface area contributed by atoms with Crippen LogP contribution in [-0.4, -0.2) is 40.3 Å². The minimum Gasteiger partial charge on any atom is -0.483 e. The van der Waals surface area contributed by atoms with Gasteiger partial charge in [0.05, 0.1) is 6.54 Å². The van der Waals surface area contributed by atoms with E-state index >= 15 is 0 Å². The zero-order valence-electron chi connectivity index (χ0n) is 19.0. The molecule has 5 N–H and O–H groups in total. The van der Waals surface area contributed by atoms with E-state index in [9.17, 15) is 14.4 Å². The van der Waals surface area contributed by atoms with E-state index in [2.05, 4.69) is 21.9 Å². The van der Waals surface area contributed by atoms with Crippen molar-refractivity contribution < 1.29 is 19.1 Å². The molecule has 35 heavy (non-hydrogen) atoms. The van der Waals surface area contributed by atoms with Crippen LogP contribution in [0.4, 0.5) is 11.5 Å². The lowest BCUT2D eigenvalue weighted by Gasteiger charge is -2.20. The molecule has 2 heterocycles. The minimum absolute atomic E-state index is 0.0206. The summed E-state index contributed by atoms with van der Waals surface area (Å²) in [6.45, 7) is 5.61. The summed E-state index contributed by atoms with van der Waals surface area (Å²) >= 11 is 0. The Balaban J connectivity index is 1.64. The van der Waals surface area contributed by atoms with Crippen LogP contribution >= 0.6 is 0 Å². The third-order valence-corrected chi connectivity index (χ3v) is 5.51. The highest BCUT2D eigenvalue weighted by Crippen LogP contribution is 2.29. The molecule has 10 nitrogen and oxygen atoms in total. The van der Waals surface area contributed by atoms with Crippen LogP contribution in [0.1, 0.15) is 28.5 Å². The molecule has 10 heteroatoms. The number of hydrogen-bond donors (Lipinski definition) is 3. The fourth-order valence-corrected chi connectivity index (χ4v) is 3.56. The van der Waals surface area contributed by atoms with Gasteiger partial charge in [-0.05, 0) is 48.9 Å². The smallest absolute Gasteiger partial charge is 0.267 e. The van der Waals surface area contributed by atoms with Gasteiger partial charge in [0.1, 0.15) is 23.3 Å². The average Bonchev–Trinajstić information content (AvgIpc) is 3.02. The molecule has 4 rings (SSSR count). The number of nitrogens with one attached hydrogen (secondary N) is 1. The zero-order valence-corrected chi connectivity index (χ0v) is 19.0. The zero-order chi connectivity index (χ0) is 25.1. The quantitative estimate of drug-likeness (QED) is 0.476. The summed E-state index contributed by atoms with van der Waals surface area (Å²) in [4.78, 5) is 46.2. The molecule has 0 bridgehead atoms. The number of carbonyl (C=O) groups excluding carboxylic acids is 3. The predicted octanol–water partition coefficient (Wildman–Crippen LogP) is 2.10. The lowest BCUT2D eigenvalue weighted by Crippen LogP contribution is -2.33. The average molecular weight is 473 g/mol. The van der Waals surface area contributed by atoms with Gasteiger partial charge in [0.25, 0.3) is 11.8 Å². The van der Waals surface area contributed by atoms with E-state index < -0.39 is 17.9 Å². The Labute approximate surface area is 201 Å². The van der Waals surface area contributed by atoms with Crippen LogP contribution in [0.15, 0.2) is 55.1 Å². The molecule has 2 aromatic carbocycles. The fraction of sp³-hybridized carbons (Fsp3) is 0.160. The Morgan fingerprint density at radius 2 is 1.89 bits per heavy atom. The minimum atomic E-state index is -0.743. The van der Waals surface area contributed by atoms with Gasteiger partial charge in [-0.25, -0.2) is 9.97 Å². The van der Waals surface area contributed by atoms with Gasteiger partial charge >= 0.3 is 0 Å². The normalized spacial score (nSPS) is 13.7. The molecule has 0 radical (unpaired) electrons. The first-order chi connectivity index (χ1) is 16.7. The first-order valence-electron chi connectivity index (χ1n) is 10.8. The molecular formula is C25H24N6O4. The number of hydrogen-bond acceptors (Lipinski definition) is 7. The van der Waals surface area contributed by atoms with Crippen molar-refractivity contribution in [3.05, 3.63) is 71.9 Å². The van der Waals surface area contributed by atoms with Gasteiger partial charge in [-0.2, -0.15) is 0 Å². The number of ether oxygens (including phenoxy) is 1. The SMILES string of the molecule is C=Cc1ccc2c(c1)CN(c1ccc(-c3nc(N[C@@H](C)C(N)=O)cc(C(N)=O)n3)cc1)C(=O)CO2. The number of anilines is 2. The summed E-state index contributed by atoms with van der Waals surface area (Å²) in [5, 5.41) is 2.83. The van der Waals surface area contributed by atoms with Gasteiger partial charge < -0.3 is 26.4 Å². The maximum atomic E-state index is 12.8. The van der Waals surface area contributed by atoms with Crippen LogP contribution in [0.2, 0.25) is 0 Å². The van der Waals surface area contributed by atoms with Gasteiger partial charge in [-0.1, -0.05) is 18.7 Å². The predicted molar refractivity (Wildman–Crippen MR) is 131 cm³/mol. The first-order valence-corrected chi connectivity index (χ1v) is 10.8. The van der Waals surface area contributed by atoms with Crippen LogP contribution in [0.3, 0.4) is 0 Å². The Morgan fingerprint density at radius 1 is 1.14 bits per heavy atom. The van der Waals surface area contributed by atoms with E-state index in [1.165, 1.54) is 6.07 Å². The van der Waals surface area contributed by atoms with E-state index in [1.807, 2.05) is 18.2 Å². The molecule has 1 aliphatic heterocycles. The summed E-state index contributed by atoms with van der Waals surface area (Å²) in [6, 6.07) is 13.3. The Morgan fingerprint density at radius 3 is 2.54 bits per heavy atom. The highest BCUT2D eigenvalue weighted by Gasteiger charge is 2.23. The van der Waals surface area contributed by atoms with E-state index in [4.69, 9.17) is 16.2 Å². The van der Waals surface area contributed by atoms with Crippen molar-refractivity contribution in [1.29, 1.82) is 0 Å². The van der Waals surface area contributed by atoms with E-state index in [1.54, 1.807) is 42.2 Å². The van der Waals surface area contributed by atoms with Gasteiger partial charge in [0.15, 0.2) is 12.4 Å². The molecule has 0 aliphatic carbocycles. The Hall–Kier alpha value is -4.73. The van der Waals surface area contributed by atoms with Gasteiger partial charge in [0, 0.05) is 22.9 Å². The largest absolute Gasteiger partial charge is 0.483 e. The van der Waals surface area contributed by atoms with Crippen molar-refractivity contribution in [3.63, 3.8) is 0 Å². The third-order valence-electron chi connectivity index (χ3n) is 5.51. The van der Waals surface area contributed by atoms with Crippen LogP contribution in [0, 0.1) is 0 Å². The standard InChI is InChI=1S/C25H24N6O4/c1-3-15-4-9-20-17(10-15)12-31(22(32)13-35-20)18-7-5-16(6-8-18)25-29-19(24(27)34)11-21(30-25)28-14(2)23(26)33/h3-11,14H,1,12-13H2,2H3,(H2,26,33)(H2,27,34)(H,28,29,30)/t14-/m0/s1. The van der Waals surface area contributed by atoms with Crippen molar-refractivity contribution in [2.75, 3.05) is 16.8 Å². The summed E-state index contributed by atoms with van der Waals surface area (Å²) in [5.74, 6) is -0.402. The fourth-order valence-electron chi connectivity index (χ4n) is 3.56. The summed E-state index contributed by atoms with van der Waals surface area (Å²) in [5.41, 5.74) is 13.7. The maximum absolute atomic E-state index is 12.8. The number of carbonyl (C=O) groups is 3. The number of benzene rings is 2. The maximum Gasteiger partial charge on any atom is 0.267 e. The topological polar surface area (TPSA) is 154 Å². The van der Waals surface area contributed by atoms with Crippen molar-refractivity contribution in [2.45, 2.75) is 19.5 Å². The van der Waals surface area contributed by atoms with Crippen LogP contribution < -0.4 is 26.4 Å². The number of amides is 3. The molecule has 1 atom stereocenters. The molecule has 0 unspecified atom stereocenters. The lowest BCUT2D eigenvalue weighted by molar-refractivity contribution is -0.120. The van der Waals surface area contributed by atoms with Gasteiger partial charge in [-0.3, -0.25) is 14.4 Å². The number of nitrogens with two attached hydrogens (primary N) is 2. The van der Waals surface area contributed by atoms with Crippen LogP contribution in [-0.2, 0) is 16.1 Å². The number of aromatic nitrogens is 2. The highest BCUT2D eigenvalue weighted by molar-refractivity contribution is 5.95. The summed E-state index contributed by atoms with van der Waals surface area (Å²) in [7, 11) is 0. The molecule has 0 saturated carbocycles. The summed E-state index contributed by atoms with van der Waals surface area (Å²) < 4.78 is 5.67. The molecule has 3 amide bonds. The second-order valence-corrected chi connectivity index (χ2v) is 7.98. The number of nitrogens with zero attached hydrogens (tertiary/aromatic N) is 3. The van der Waals surface area contributed by atoms with Crippen molar-refractivity contribution in [1.82, 2.24) is 9.97 Å². The van der Waals surface area contributed by atoms with Crippen LogP contribution in [0.5, 0.6) is 5.75 Å². The molecule has 0 saturated heterocycles. The second-order valence-electron chi connectivity index (χ2n) is 7.98. The Kier molecular flexibility index (Phi) is 6.45. The lowest BCUT2D eigenvalue weighted by atomic mass is 10.1. The van der Waals surface area contributed by atoms with Crippen LogP contribution in [0.25, 0.3) is 17.5 Å².